The lowest BCUT2D eigenvalue weighted by Gasteiger charge is -2.25. The molecular weight excluding hydrogens is 384 g/mol. The predicted molar refractivity (Wildman–Crippen MR) is 115 cm³/mol. The number of benzene rings is 2. The zero-order valence-electron chi connectivity index (χ0n) is 16.1. The largest absolute Gasteiger partial charge is 0.335 e. The fourth-order valence-corrected chi connectivity index (χ4v) is 4.20. The van der Waals surface area contributed by atoms with E-state index in [1.807, 2.05) is 59.5 Å². The Morgan fingerprint density at radius 3 is 2.55 bits per heavy atom. The maximum Gasteiger partial charge on any atom is 0.263 e. The summed E-state index contributed by atoms with van der Waals surface area (Å²) < 4.78 is 1.60. The highest BCUT2D eigenvalue weighted by atomic mass is 35.5. The van der Waals surface area contributed by atoms with E-state index in [1.165, 1.54) is 0 Å². The number of carbonyl (C=O) groups excluding carboxylic acids is 1. The minimum Gasteiger partial charge on any atom is -0.335 e. The average molecular weight is 407 g/mol. The van der Waals surface area contributed by atoms with E-state index in [9.17, 15) is 9.59 Å². The van der Waals surface area contributed by atoms with Crippen molar-refractivity contribution in [2.75, 3.05) is 6.54 Å². The summed E-state index contributed by atoms with van der Waals surface area (Å²) in [4.78, 5) is 28.1. The van der Waals surface area contributed by atoms with Crippen LogP contribution in [0.25, 0.3) is 0 Å². The Morgan fingerprint density at radius 2 is 1.76 bits per heavy atom. The SMILES string of the molecule is O=C(c1cccn(Cc2ccccc2)c1=O)N1CCCC1Cc1ccccc1Cl. The van der Waals surface area contributed by atoms with E-state index in [4.69, 9.17) is 11.6 Å². The van der Waals surface area contributed by atoms with Crippen LogP contribution in [0.3, 0.4) is 0 Å². The van der Waals surface area contributed by atoms with Gasteiger partial charge in [-0.15, -0.1) is 0 Å². The molecule has 2 aromatic carbocycles. The minimum atomic E-state index is -0.246. The second kappa shape index (κ2) is 8.66. The van der Waals surface area contributed by atoms with Crippen LogP contribution >= 0.6 is 11.6 Å². The molecule has 1 aromatic heterocycles. The zero-order chi connectivity index (χ0) is 20.2. The zero-order valence-corrected chi connectivity index (χ0v) is 16.9. The number of hydrogen-bond acceptors (Lipinski definition) is 2. The van der Waals surface area contributed by atoms with Crippen LogP contribution in [0, 0.1) is 0 Å². The first-order chi connectivity index (χ1) is 14.1. The molecule has 148 valence electrons. The lowest BCUT2D eigenvalue weighted by Crippen LogP contribution is -2.40. The van der Waals surface area contributed by atoms with Crippen LogP contribution in [0.5, 0.6) is 0 Å². The molecule has 1 unspecified atom stereocenters. The quantitative estimate of drug-likeness (QED) is 0.630. The van der Waals surface area contributed by atoms with Gasteiger partial charge in [-0.3, -0.25) is 9.59 Å². The van der Waals surface area contributed by atoms with Crippen LogP contribution < -0.4 is 5.56 Å². The average Bonchev–Trinajstić information content (AvgIpc) is 3.20. The Morgan fingerprint density at radius 1 is 1.00 bits per heavy atom. The lowest BCUT2D eigenvalue weighted by atomic mass is 10.0. The molecule has 0 spiro atoms. The van der Waals surface area contributed by atoms with Crippen molar-refractivity contribution in [1.29, 1.82) is 0 Å². The van der Waals surface area contributed by atoms with Gasteiger partial charge in [0.1, 0.15) is 5.56 Å². The fraction of sp³-hybridized carbons (Fsp3) is 0.250. The Kier molecular flexibility index (Phi) is 5.81. The summed E-state index contributed by atoms with van der Waals surface area (Å²) in [6.45, 7) is 1.12. The van der Waals surface area contributed by atoms with Crippen LogP contribution in [0.4, 0.5) is 0 Å². The van der Waals surface area contributed by atoms with Crippen LogP contribution in [-0.2, 0) is 13.0 Å². The van der Waals surface area contributed by atoms with Crippen LogP contribution in [0.2, 0.25) is 5.02 Å². The highest BCUT2D eigenvalue weighted by Gasteiger charge is 2.31. The van der Waals surface area contributed by atoms with Crippen molar-refractivity contribution < 1.29 is 4.79 Å². The first kappa shape index (κ1) is 19.5. The molecule has 1 fully saturated rings. The Labute approximate surface area is 175 Å². The van der Waals surface area contributed by atoms with Gasteiger partial charge in [0.15, 0.2) is 0 Å². The summed E-state index contributed by atoms with van der Waals surface area (Å²) in [5.74, 6) is -0.188. The molecule has 4 nitrogen and oxygen atoms in total. The Balaban J connectivity index is 1.56. The predicted octanol–water partition coefficient (Wildman–Crippen LogP) is 4.40. The summed E-state index contributed by atoms with van der Waals surface area (Å²) >= 11 is 6.31. The molecule has 1 saturated heterocycles. The molecule has 3 aromatic rings. The van der Waals surface area contributed by atoms with Gasteiger partial charge in [-0.25, -0.2) is 0 Å². The van der Waals surface area contributed by atoms with Gasteiger partial charge in [-0.05, 0) is 48.6 Å². The molecule has 0 bridgehead atoms. The van der Waals surface area contributed by atoms with Gasteiger partial charge in [0.05, 0.1) is 6.54 Å². The first-order valence-corrected chi connectivity index (χ1v) is 10.3. The second-order valence-corrected chi connectivity index (χ2v) is 7.84. The number of carbonyl (C=O) groups is 1. The molecule has 1 atom stereocenters. The third kappa shape index (κ3) is 4.28. The van der Waals surface area contributed by atoms with Crippen LogP contribution in [-0.4, -0.2) is 28.0 Å². The van der Waals surface area contributed by atoms with E-state index in [-0.39, 0.29) is 23.1 Å². The Hall–Kier alpha value is -2.85. The molecule has 2 heterocycles. The molecule has 1 aliphatic heterocycles. The van der Waals surface area contributed by atoms with Gasteiger partial charge in [0.25, 0.3) is 11.5 Å². The van der Waals surface area contributed by atoms with E-state index >= 15 is 0 Å². The molecule has 1 aliphatic rings. The highest BCUT2D eigenvalue weighted by molar-refractivity contribution is 6.31. The van der Waals surface area contributed by atoms with Crippen molar-refractivity contribution in [3.8, 4) is 0 Å². The van der Waals surface area contributed by atoms with Crippen molar-refractivity contribution >= 4 is 17.5 Å². The van der Waals surface area contributed by atoms with Gasteiger partial charge in [0, 0.05) is 23.8 Å². The summed E-state index contributed by atoms with van der Waals surface area (Å²) in [5.41, 5.74) is 2.05. The standard InChI is InChI=1S/C24H23ClN2O2/c25-22-13-5-4-10-19(22)16-20-11-6-15-27(20)24(29)21-12-7-14-26(23(21)28)17-18-8-2-1-3-9-18/h1-5,7-10,12-14,20H,6,11,15-17H2. The molecule has 0 radical (unpaired) electrons. The molecular formula is C24H23ClN2O2. The van der Waals surface area contributed by atoms with Crippen LogP contribution in [0.1, 0.15) is 34.3 Å². The van der Waals surface area contributed by atoms with E-state index in [0.717, 1.165) is 29.0 Å². The molecule has 0 N–H and O–H groups in total. The Bertz CT molecular complexity index is 1060. The normalized spacial score (nSPS) is 16.2. The third-order valence-corrected chi connectivity index (χ3v) is 5.87. The van der Waals surface area contributed by atoms with E-state index in [2.05, 4.69) is 0 Å². The minimum absolute atomic E-state index is 0.0598. The number of aromatic nitrogens is 1. The molecule has 0 saturated carbocycles. The number of pyridine rings is 1. The van der Waals surface area contributed by atoms with E-state index in [1.54, 1.807) is 22.9 Å². The number of hydrogen-bond donors (Lipinski definition) is 0. The number of rotatable bonds is 5. The molecule has 29 heavy (non-hydrogen) atoms. The van der Waals surface area contributed by atoms with Gasteiger partial charge in [-0.2, -0.15) is 0 Å². The third-order valence-electron chi connectivity index (χ3n) is 5.50. The maximum absolute atomic E-state index is 13.2. The van der Waals surface area contributed by atoms with Gasteiger partial charge >= 0.3 is 0 Å². The van der Waals surface area contributed by atoms with Crippen molar-refractivity contribution in [3.05, 3.63) is 105 Å². The van der Waals surface area contributed by atoms with Crippen LogP contribution in [0.15, 0.2) is 77.7 Å². The number of halogens is 1. The van der Waals surface area contributed by atoms with Gasteiger partial charge in [-0.1, -0.05) is 60.1 Å². The molecule has 5 heteroatoms. The van der Waals surface area contributed by atoms with E-state index in [0.29, 0.717) is 19.5 Å². The lowest BCUT2D eigenvalue weighted by molar-refractivity contribution is 0.0734. The molecule has 1 amide bonds. The van der Waals surface area contributed by atoms with Crippen molar-refractivity contribution in [2.24, 2.45) is 0 Å². The van der Waals surface area contributed by atoms with Crippen molar-refractivity contribution in [3.63, 3.8) is 0 Å². The maximum atomic E-state index is 13.2. The van der Waals surface area contributed by atoms with Gasteiger partial charge in [0.2, 0.25) is 0 Å². The smallest absolute Gasteiger partial charge is 0.263 e. The van der Waals surface area contributed by atoms with Crippen molar-refractivity contribution in [2.45, 2.75) is 31.8 Å². The summed E-state index contributed by atoms with van der Waals surface area (Å²) in [6, 6.07) is 21.0. The van der Waals surface area contributed by atoms with Gasteiger partial charge < -0.3 is 9.47 Å². The van der Waals surface area contributed by atoms with E-state index < -0.39 is 0 Å². The highest BCUT2D eigenvalue weighted by Crippen LogP contribution is 2.25. The second-order valence-electron chi connectivity index (χ2n) is 7.43. The first-order valence-electron chi connectivity index (χ1n) is 9.91. The van der Waals surface area contributed by atoms with Crippen molar-refractivity contribution in [1.82, 2.24) is 9.47 Å². The summed E-state index contributed by atoms with van der Waals surface area (Å²) in [5, 5.41) is 0.719. The molecule has 0 aliphatic carbocycles. The number of nitrogens with zero attached hydrogens (tertiary/aromatic N) is 2. The molecule has 4 rings (SSSR count). The summed E-state index contributed by atoms with van der Waals surface area (Å²) in [6.07, 6.45) is 4.29. The number of amides is 1. The monoisotopic (exact) mass is 406 g/mol. The summed E-state index contributed by atoms with van der Waals surface area (Å²) in [7, 11) is 0. The topological polar surface area (TPSA) is 42.3 Å². The number of likely N-dealkylation sites (tertiary alicyclic amines) is 1. The fourth-order valence-electron chi connectivity index (χ4n) is 3.99.